The Kier molecular flexibility index (Phi) is 5.05. The first-order valence-corrected chi connectivity index (χ1v) is 9.01. The smallest absolute Gasteiger partial charge is 0.247 e. The molecule has 0 fully saturated rings. The van der Waals surface area contributed by atoms with Gasteiger partial charge in [-0.05, 0) is 29.3 Å². The van der Waals surface area contributed by atoms with E-state index in [9.17, 15) is 4.79 Å². The molecule has 0 aliphatic carbocycles. The summed E-state index contributed by atoms with van der Waals surface area (Å²) < 4.78 is 5.86. The van der Waals surface area contributed by atoms with Gasteiger partial charge in [0.25, 0.3) is 0 Å². The van der Waals surface area contributed by atoms with Gasteiger partial charge >= 0.3 is 0 Å². The molecular formula is C22H19N5O2. The lowest BCUT2D eigenvalue weighted by atomic mass is 10.1. The van der Waals surface area contributed by atoms with Gasteiger partial charge in [-0.1, -0.05) is 36.9 Å². The second-order valence-electron chi connectivity index (χ2n) is 6.33. The highest BCUT2D eigenvalue weighted by Gasteiger charge is 2.11. The van der Waals surface area contributed by atoms with Crippen molar-refractivity contribution in [3.05, 3.63) is 79.1 Å². The maximum absolute atomic E-state index is 11.5. The standard InChI is InChI=1S/C22H19N5O2/c1-2-19(28)26-16-4-3-5-17(10-16)29-20-13-25-22-21(27-20)18(12-24-22)15-8-6-14(11-23)7-9-15/h2-10,12-13H,1,11,23H2,(H,24,25)(H,26,28). The van der Waals surface area contributed by atoms with E-state index in [2.05, 4.69) is 26.8 Å². The van der Waals surface area contributed by atoms with Crippen molar-refractivity contribution in [3.8, 4) is 22.8 Å². The lowest BCUT2D eigenvalue weighted by molar-refractivity contribution is -0.111. The molecule has 4 rings (SSSR count). The van der Waals surface area contributed by atoms with Crippen molar-refractivity contribution in [1.29, 1.82) is 0 Å². The minimum Gasteiger partial charge on any atom is -0.437 e. The Hall–Kier alpha value is -3.97. The fraction of sp³-hybridized carbons (Fsp3) is 0.0455. The summed E-state index contributed by atoms with van der Waals surface area (Å²) in [6.45, 7) is 3.94. The van der Waals surface area contributed by atoms with Crippen LogP contribution in [0.5, 0.6) is 11.6 Å². The number of H-pyrrole nitrogens is 1. The summed E-state index contributed by atoms with van der Waals surface area (Å²) >= 11 is 0. The largest absolute Gasteiger partial charge is 0.437 e. The molecule has 2 aromatic carbocycles. The Labute approximate surface area is 167 Å². The van der Waals surface area contributed by atoms with Crippen LogP contribution in [0.25, 0.3) is 22.3 Å². The number of nitrogens with two attached hydrogens (primary N) is 1. The number of anilines is 1. The lowest BCUT2D eigenvalue weighted by Gasteiger charge is -2.07. The fourth-order valence-electron chi connectivity index (χ4n) is 2.92. The van der Waals surface area contributed by atoms with E-state index < -0.39 is 0 Å². The normalized spacial score (nSPS) is 10.7. The number of nitrogens with one attached hydrogen (secondary N) is 2. The molecule has 2 aromatic heterocycles. The number of carbonyl (C=O) groups is 1. The number of hydrogen-bond acceptors (Lipinski definition) is 5. The first-order valence-electron chi connectivity index (χ1n) is 9.01. The predicted octanol–water partition coefficient (Wildman–Crippen LogP) is 4.00. The van der Waals surface area contributed by atoms with Crippen molar-refractivity contribution in [1.82, 2.24) is 15.0 Å². The van der Waals surface area contributed by atoms with Gasteiger partial charge in [-0.25, -0.2) is 9.97 Å². The average molecular weight is 385 g/mol. The van der Waals surface area contributed by atoms with Gasteiger partial charge in [0.15, 0.2) is 5.65 Å². The molecule has 7 nitrogen and oxygen atoms in total. The van der Waals surface area contributed by atoms with E-state index in [1.807, 2.05) is 30.5 Å². The van der Waals surface area contributed by atoms with Crippen LogP contribution >= 0.6 is 0 Å². The van der Waals surface area contributed by atoms with E-state index in [-0.39, 0.29) is 5.91 Å². The third kappa shape index (κ3) is 3.99. The molecule has 29 heavy (non-hydrogen) atoms. The van der Waals surface area contributed by atoms with Crippen molar-refractivity contribution >= 4 is 22.8 Å². The lowest BCUT2D eigenvalue weighted by Crippen LogP contribution is -2.07. The van der Waals surface area contributed by atoms with Crippen LogP contribution in [0.3, 0.4) is 0 Å². The van der Waals surface area contributed by atoms with Crippen LogP contribution in [-0.4, -0.2) is 20.9 Å². The molecule has 4 N–H and O–H groups in total. The number of rotatable bonds is 6. The zero-order chi connectivity index (χ0) is 20.2. The van der Waals surface area contributed by atoms with Crippen LogP contribution in [0.1, 0.15) is 5.56 Å². The number of ether oxygens (including phenoxy) is 1. The van der Waals surface area contributed by atoms with Crippen LogP contribution in [0.2, 0.25) is 0 Å². The van der Waals surface area contributed by atoms with Gasteiger partial charge in [-0.3, -0.25) is 4.79 Å². The molecule has 0 saturated carbocycles. The first-order chi connectivity index (χ1) is 14.2. The molecule has 0 spiro atoms. The Morgan fingerprint density at radius 1 is 1.24 bits per heavy atom. The highest BCUT2D eigenvalue weighted by Crippen LogP contribution is 2.29. The Balaban J connectivity index is 1.63. The second-order valence-corrected chi connectivity index (χ2v) is 6.33. The molecule has 0 aliphatic rings. The average Bonchev–Trinajstić information content (AvgIpc) is 3.17. The number of aromatic amines is 1. The third-order valence-electron chi connectivity index (χ3n) is 4.37. The highest BCUT2D eigenvalue weighted by molar-refractivity contribution is 5.99. The number of aromatic nitrogens is 3. The van der Waals surface area contributed by atoms with E-state index in [0.29, 0.717) is 35.0 Å². The van der Waals surface area contributed by atoms with Gasteiger partial charge in [-0.2, -0.15) is 0 Å². The van der Waals surface area contributed by atoms with Crippen molar-refractivity contribution in [2.45, 2.75) is 6.54 Å². The molecule has 0 saturated heterocycles. The summed E-state index contributed by atoms with van der Waals surface area (Å²) in [7, 11) is 0. The number of nitrogens with zero attached hydrogens (tertiary/aromatic N) is 2. The second kappa shape index (κ2) is 7.95. The van der Waals surface area contributed by atoms with E-state index in [0.717, 1.165) is 16.7 Å². The maximum atomic E-state index is 11.5. The Morgan fingerprint density at radius 2 is 2.07 bits per heavy atom. The molecular weight excluding hydrogens is 366 g/mol. The Bertz CT molecular complexity index is 1180. The molecule has 144 valence electrons. The summed E-state index contributed by atoms with van der Waals surface area (Å²) in [5.74, 6) is 0.593. The van der Waals surface area contributed by atoms with Gasteiger partial charge in [0.1, 0.15) is 11.3 Å². The van der Waals surface area contributed by atoms with E-state index >= 15 is 0 Å². The topological polar surface area (TPSA) is 106 Å². The monoisotopic (exact) mass is 385 g/mol. The van der Waals surface area contributed by atoms with Gasteiger partial charge in [0.05, 0.1) is 6.20 Å². The van der Waals surface area contributed by atoms with Gasteiger partial charge < -0.3 is 20.8 Å². The minimum atomic E-state index is -0.291. The number of amides is 1. The van der Waals surface area contributed by atoms with Crippen LogP contribution in [0.4, 0.5) is 5.69 Å². The first kappa shape index (κ1) is 18.4. The Morgan fingerprint density at radius 3 is 2.83 bits per heavy atom. The highest BCUT2D eigenvalue weighted by atomic mass is 16.5. The molecule has 0 atom stereocenters. The SMILES string of the molecule is C=CC(=O)Nc1cccc(Oc2cnc3[nH]cc(-c4ccc(CN)cc4)c3n2)c1. The molecule has 7 heteroatoms. The van der Waals surface area contributed by atoms with Crippen molar-refractivity contribution in [2.75, 3.05) is 5.32 Å². The van der Waals surface area contributed by atoms with Crippen molar-refractivity contribution < 1.29 is 9.53 Å². The molecule has 0 aliphatic heterocycles. The summed E-state index contributed by atoms with van der Waals surface area (Å²) in [4.78, 5) is 23.6. The molecule has 2 heterocycles. The van der Waals surface area contributed by atoms with Gasteiger partial charge in [0, 0.05) is 30.1 Å². The quantitative estimate of drug-likeness (QED) is 0.435. The third-order valence-corrected chi connectivity index (χ3v) is 4.37. The van der Waals surface area contributed by atoms with Crippen LogP contribution in [0, 0.1) is 0 Å². The summed E-state index contributed by atoms with van der Waals surface area (Å²) in [5.41, 5.74) is 10.6. The number of carbonyl (C=O) groups excluding carboxylic acids is 1. The molecule has 1 amide bonds. The van der Waals surface area contributed by atoms with E-state index in [1.165, 1.54) is 6.08 Å². The molecule has 0 bridgehead atoms. The molecule has 0 radical (unpaired) electrons. The number of benzene rings is 2. The molecule has 0 unspecified atom stereocenters. The van der Waals surface area contributed by atoms with Crippen LogP contribution < -0.4 is 15.8 Å². The zero-order valence-corrected chi connectivity index (χ0v) is 15.6. The maximum Gasteiger partial charge on any atom is 0.247 e. The van der Waals surface area contributed by atoms with E-state index in [4.69, 9.17) is 10.5 Å². The van der Waals surface area contributed by atoms with Crippen molar-refractivity contribution in [2.24, 2.45) is 5.73 Å². The minimum absolute atomic E-state index is 0.291. The van der Waals surface area contributed by atoms with Gasteiger partial charge in [0.2, 0.25) is 11.8 Å². The predicted molar refractivity (Wildman–Crippen MR) is 113 cm³/mol. The van der Waals surface area contributed by atoms with Gasteiger partial charge in [-0.15, -0.1) is 0 Å². The van der Waals surface area contributed by atoms with Crippen LogP contribution in [-0.2, 0) is 11.3 Å². The number of hydrogen-bond donors (Lipinski definition) is 3. The fourth-order valence-corrected chi connectivity index (χ4v) is 2.92. The van der Waals surface area contributed by atoms with E-state index in [1.54, 1.807) is 30.5 Å². The van der Waals surface area contributed by atoms with Crippen LogP contribution in [0.15, 0.2) is 73.6 Å². The zero-order valence-electron chi connectivity index (χ0n) is 15.6. The summed E-state index contributed by atoms with van der Waals surface area (Å²) in [6.07, 6.45) is 4.63. The van der Waals surface area contributed by atoms with Crippen molar-refractivity contribution in [3.63, 3.8) is 0 Å². The number of fused-ring (bicyclic) bond motifs is 1. The summed E-state index contributed by atoms with van der Waals surface area (Å²) in [6, 6.07) is 15.0. The molecule has 4 aromatic rings. The summed E-state index contributed by atoms with van der Waals surface area (Å²) in [5, 5.41) is 2.70.